The van der Waals surface area contributed by atoms with Crippen LogP contribution in [0.2, 0.25) is 0 Å². The Bertz CT molecular complexity index is 1330. The van der Waals surface area contributed by atoms with Gasteiger partial charge in [-0.25, -0.2) is 5.43 Å². The first kappa shape index (κ1) is 20.5. The monoisotopic (exact) mass is 481 g/mol. The van der Waals surface area contributed by atoms with E-state index in [2.05, 4.69) is 31.6 Å². The molecule has 4 rings (SSSR count). The minimum Gasteiger partial charge on any atom is -0.483 e. The zero-order valence-corrected chi connectivity index (χ0v) is 17.9. The predicted molar refractivity (Wildman–Crippen MR) is 118 cm³/mol. The summed E-state index contributed by atoms with van der Waals surface area (Å²) in [7, 11) is 0. The molecule has 0 radical (unpaired) electrons. The van der Waals surface area contributed by atoms with Crippen molar-refractivity contribution >= 4 is 39.0 Å². The molecule has 31 heavy (non-hydrogen) atoms. The standard InChI is InChI=1S/C22H16BrN3O5/c1-13-2-4-19-17(8-13)22(28)14(11-29-19)10-24-26-21(27)12-30-18-5-3-15(23)9-16(18)20-6-7-25-31-20/h2-11H,12H2,1H3,(H,26,27)/b24-10+. The highest BCUT2D eigenvalue weighted by Gasteiger charge is 2.12. The maximum absolute atomic E-state index is 12.5. The van der Waals surface area contributed by atoms with Gasteiger partial charge in [-0.15, -0.1) is 0 Å². The number of benzene rings is 2. The van der Waals surface area contributed by atoms with Crippen LogP contribution in [0.3, 0.4) is 0 Å². The summed E-state index contributed by atoms with van der Waals surface area (Å²) in [6.45, 7) is 1.60. The molecule has 9 heteroatoms. The molecule has 0 atom stereocenters. The molecule has 1 N–H and O–H groups in total. The second kappa shape index (κ2) is 8.97. The van der Waals surface area contributed by atoms with Gasteiger partial charge in [-0.2, -0.15) is 5.10 Å². The van der Waals surface area contributed by atoms with E-state index in [0.717, 1.165) is 10.0 Å². The molecule has 0 saturated heterocycles. The van der Waals surface area contributed by atoms with E-state index in [1.807, 2.05) is 13.0 Å². The highest BCUT2D eigenvalue weighted by molar-refractivity contribution is 9.10. The minimum atomic E-state index is -0.497. The van der Waals surface area contributed by atoms with E-state index >= 15 is 0 Å². The Morgan fingerprint density at radius 2 is 2.13 bits per heavy atom. The van der Waals surface area contributed by atoms with Crippen LogP contribution in [0.5, 0.6) is 5.75 Å². The Morgan fingerprint density at radius 1 is 1.26 bits per heavy atom. The van der Waals surface area contributed by atoms with Crippen molar-refractivity contribution in [3.05, 3.63) is 80.7 Å². The third kappa shape index (κ3) is 4.72. The largest absolute Gasteiger partial charge is 0.483 e. The summed E-state index contributed by atoms with van der Waals surface area (Å²) in [5.74, 6) is 0.460. The van der Waals surface area contributed by atoms with E-state index in [0.29, 0.717) is 28.0 Å². The lowest BCUT2D eigenvalue weighted by atomic mass is 10.1. The third-order valence-electron chi connectivity index (χ3n) is 4.35. The zero-order chi connectivity index (χ0) is 21.8. The van der Waals surface area contributed by atoms with Crippen LogP contribution in [-0.2, 0) is 4.79 Å². The van der Waals surface area contributed by atoms with Crippen LogP contribution in [0, 0.1) is 6.92 Å². The van der Waals surface area contributed by atoms with Crippen molar-refractivity contribution in [2.45, 2.75) is 6.92 Å². The Labute approximate surface area is 184 Å². The molecule has 0 spiro atoms. The molecule has 4 aromatic rings. The van der Waals surface area contributed by atoms with Gasteiger partial charge in [0.05, 0.1) is 28.9 Å². The highest BCUT2D eigenvalue weighted by atomic mass is 79.9. The lowest BCUT2D eigenvalue weighted by Gasteiger charge is -2.09. The maximum Gasteiger partial charge on any atom is 0.277 e. The van der Waals surface area contributed by atoms with Gasteiger partial charge in [0.25, 0.3) is 5.91 Å². The molecule has 156 valence electrons. The Morgan fingerprint density at radius 3 is 2.94 bits per heavy atom. The smallest absolute Gasteiger partial charge is 0.277 e. The fraction of sp³-hybridized carbons (Fsp3) is 0.0909. The number of hydrogen-bond acceptors (Lipinski definition) is 7. The first-order valence-electron chi connectivity index (χ1n) is 9.19. The van der Waals surface area contributed by atoms with Crippen molar-refractivity contribution in [3.63, 3.8) is 0 Å². The first-order chi connectivity index (χ1) is 15.0. The topological polar surface area (TPSA) is 107 Å². The lowest BCUT2D eigenvalue weighted by molar-refractivity contribution is -0.123. The summed E-state index contributed by atoms with van der Waals surface area (Å²) in [6, 6.07) is 12.3. The van der Waals surface area contributed by atoms with Crippen molar-refractivity contribution < 1.29 is 18.5 Å². The number of amides is 1. The van der Waals surface area contributed by atoms with Gasteiger partial charge in [-0.1, -0.05) is 32.7 Å². The molecule has 2 aromatic carbocycles. The van der Waals surface area contributed by atoms with E-state index in [1.54, 1.807) is 36.4 Å². The SMILES string of the molecule is Cc1ccc2occ(/C=N/NC(=O)COc3ccc(Br)cc3-c3ccno3)c(=O)c2c1. The molecule has 0 saturated carbocycles. The van der Waals surface area contributed by atoms with E-state index in [4.69, 9.17) is 13.7 Å². The number of nitrogens with zero attached hydrogens (tertiary/aromatic N) is 2. The number of hydrazone groups is 1. The van der Waals surface area contributed by atoms with Crippen molar-refractivity contribution in [2.24, 2.45) is 5.10 Å². The molecule has 0 fully saturated rings. The average molecular weight is 482 g/mol. The summed E-state index contributed by atoms with van der Waals surface area (Å²) >= 11 is 3.39. The normalized spacial score (nSPS) is 11.2. The number of nitrogens with one attached hydrogen (secondary N) is 1. The van der Waals surface area contributed by atoms with Crippen molar-refractivity contribution in [3.8, 4) is 17.1 Å². The first-order valence-corrected chi connectivity index (χ1v) is 9.98. The number of fused-ring (bicyclic) bond motifs is 1. The van der Waals surface area contributed by atoms with Gasteiger partial charge in [0, 0.05) is 10.5 Å². The van der Waals surface area contributed by atoms with Crippen LogP contribution >= 0.6 is 15.9 Å². The molecular weight excluding hydrogens is 466 g/mol. The van der Waals surface area contributed by atoms with Crippen molar-refractivity contribution in [1.29, 1.82) is 0 Å². The number of halogens is 1. The Balaban J connectivity index is 1.42. The minimum absolute atomic E-state index is 0.222. The van der Waals surface area contributed by atoms with Crippen LogP contribution in [0.1, 0.15) is 11.1 Å². The highest BCUT2D eigenvalue weighted by Crippen LogP contribution is 2.32. The number of carbonyl (C=O) groups is 1. The lowest BCUT2D eigenvalue weighted by Crippen LogP contribution is -2.25. The summed E-state index contributed by atoms with van der Waals surface area (Å²) < 4.78 is 17.0. The van der Waals surface area contributed by atoms with Crippen molar-refractivity contribution in [1.82, 2.24) is 10.6 Å². The maximum atomic E-state index is 12.5. The Kier molecular flexibility index (Phi) is 5.94. The fourth-order valence-corrected chi connectivity index (χ4v) is 3.23. The number of hydrogen-bond donors (Lipinski definition) is 1. The number of aryl methyl sites for hydroxylation is 1. The molecule has 0 aliphatic rings. The van der Waals surface area contributed by atoms with Crippen LogP contribution in [-0.4, -0.2) is 23.9 Å². The number of rotatable bonds is 6. The zero-order valence-electron chi connectivity index (χ0n) is 16.3. The van der Waals surface area contributed by atoms with Gasteiger partial charge in [0.1, 0.15) is 17.6 Å². The molecule has 8 nitrogen and oxygen atoms in total. The summed E-state index contributed by atoms with van der Waals surface area (Å²) in [5.41, 5.74) is 4.40. The molecule has 1 amide bonds. The predicted octanol–water partition coefficient (Wildman–Crippen LogP) is 4.05. The van der Waals surface area contributed by atoms with E-state index in [9.17, 15) is 9.59 Å². The van der Waals surface area contributed by atoms with Gasteiger partial charge in [-0.3, -0.25) is 9.59 Å². The summed E-state index contributed by atoms with van der Waals surface area (Å²) in [5, 5.41) is 7.97. The van der Waals surface area contributed by atoms with E-state index < -0.39 is 5.91 Å². The van der Waals surface area contributed by atoms with Gasteiger partial charge in [-0.05, 0) is 37.3 Å². The van der Waals surface area contributed by atoms with E-state index in [1.165, 1.54) is 18.7 Å². The van der Waals surface area contributed by atoms with Crippen LogP contribution in [0.15, 0.2) is 78.2 Å². The average Bonchev–Trinajstić information content (AvgIpc) is 3.29. The molecule has 0 aliphatic carbocycles. The second-order valence-corrected chi connectivity index (χ2v) is 7.53. The van der Waals surface area contributed by atoms with Gasteiger partial charge in [0.2, 0.25) is 5.43 Å². The van der Waals surface area contributed by atoms with Crippen molar-refractivity contribution in [2.75, 3.05) is 6.61 Å². The summed E-state index contributed by atoms with van der Waals surface area (Å²) in [6.07, 6.45) is 4.06. The summed E-state index contributed by atoms with van der Waals surface area (Å²) in [4.78, 5) is 24.7. The molecule has 0 aliphatic heterocycles. The Hall–Kier alpha value is -3.72. The number of carbonyl (C=O) groups excluding carboxylic acids is 1. The molecule has 2 heterocycles. The quantitative estimate of drug-likeness (QED) is 0.328. The molecule has 0 bridgehead atoms. The molecular formula is C22H16BrN3O5. The van der Waals surface area contributed by atoms with Gasteiger partial charge >= 0.3 is 0 Å². The van der Waals surface area contributed by atoms with Crippen LogP contribution in [0.25, 0.3) is 22.3 Å². The van der Waals surface area contributed by atoms with Gasteiger partial charge < -0.3 is 13.7 Å². The van der Waals surface area contributed by atoms with E-state index in [-0.39, 0.29) is 17.6 Å². The van der Waals surface area contributed by atoms with Crippen LogP contribution < -0.4 is 15.6 Å². The second-order valence-electron chi connectivity index (χ2n) is 6.62. The van der Waals surface area contributed by atoms with Crippen LogP contribution in [0.4, 0.5) is 0 Å². The molecule has 2 aromatic heterocycles. The third-order valence-corrected chi connectivity index (χ3v) is 4.84. The fourth-order valence-electron chi connectivity index (χ4n) is 2.87. The number of ether oxygens (including phenoxy) is 1. The van der Waals surface area contributed by atoms with Gasteiger partial charge in [0.15, 0.2) is 12.4 Å². The number of aromatic nitrogens is 1. The molecule has 0 unspecified atom stereocenters.